The Bertz CT molecular complexity index is 1480. The minimum absolute atomic E-state index is 0.172. The number of aromatic nitrogens is 1. The molecule has 0 bridgehead atoms. The first-order valence-electron chi connectivity index (χ1n) is 10.4. The van der Waals surface area contributed by atoms with E-state index in [0.717, 1.165) is 10.2 Å². The van der Waals surface area contributed by atoms with Crippen molar-refractivity contribution in [3.8, 4) is 18.1 Å². The molecule has 172 valence electrons. The number of carbonyl (C=O) groups is 2. The third-order valence-electron chi connectivity index (χ3n) is 4.90. The first-order chi connectivity index (χ1) is 17.1. The number of fused-ring (bicyclic) bond motifs is 1. The molecule has 9 nitrogen and oxygen atoms in total. The average Bonchev–Trinajstić information content (AvgIpc) is 3.28. The fraction of sp³-hybridized carbons (Fsp3) is 0.0800. The predicted octanol–water partition coefficient (Wildman–Crippen LogP) is 5.43. The van der Waals surface area contributed by atoms with Gasteiger partial charge in [-0.25, -0.2) is 4.98 Å². The number of hydrogen-bond donors (Lipinski definition) is 2. The number of thiazole rings is 1. The van der Waals surface area contributed by atoms with Gasteiger partial charge in [-0.2, -0.15) is 0 Å². The molecule has 35 heavy (non-hydrogen) atoms. The van der Waals surface area contributed by atoms with Crippen LogP contribution in [0.1, 0.15) is 26.3 Å². The Hall–Kier alpha value is -4.84. The van der Waals surface area contributed by atoms with E-state index < -0.39 is 0 Å². The van der Waals surface area contributed by atoms with Crippen molar-refractivity contribution in [2.75, 3.05) is 11.9 Å². The van der Waals surface area contributed by atoms with E-state index in [4.69, 9.17) is 16.7 Å². The van der Waals surface area contributed by atoms with Gasteiger partial charge >= 0.3 is 0 Å². The summed E-state index contributed by atoms with van der Waals surface area (Å²) in [4.78, 5) is 32.4. The zero-order chi connectivity index (χ0) is 24.6. The molecule has 0 aliphatic heterocycles. The molecule has 4 aromatic rings. The van der Waals surface area contributed by atoms with E-state index >= 15 is 0 Å². The smallest absolute Gasteiger partial charge is 0.257 e. The van der Waals surface area contributed by atoms with Gasteiger partial charge in [-0.1, -0.05) is 46.6 Å². The molecule has 1 aromatic heterocycles. The van der Waals surface area contributed by atoms with Crippen LogP contribution >= 0.6 is 11.3 Å². The van der Waals surface area contributed by atoms with Gasteiger partial charge in [0.2, 0.25) is 0 Å². The highest BCUT2D eigenvalue weighted by Crippen LogP contribution is 2.29. The number of rotatable bonds is 8. The Balaban J connectivity index is 1.38. The molecule has 0 fully saturated rings. The second kappa shape index (κ2) is 10.9. The van der Waals surface area contributed by atoms with Crippen LogP contribution in [0.4, 0.5) is 10.8 Å². The number of carbonyl (C=O) groups excluding carboxylic acids is 2. The third kappa shape index (κ3) is 5.75. The van der Waals surface area contributed by atoms with Crippen LogP contribution in [0.3, 0.4) is 0 Å². The Morgan fingerprint density at radius 3 is 2.57 bits per heavy atom. The monoisotopic (exact) mass is 482 g/mol. The first kappa shape index (κ1) is 23.3. The number of anilines is 1. The van der Waals surface area contributed by atoms with Gasteiger partial charge < -0.3 is 10.1 Å². The SMILES string of the molecule is C#CCOc1ccc2nc(NC(=O)c3ccc(C(=O)NCc4ccccc4N=[N+]=[N-])cc3)sc2c1. The molecule has 0 saturated carbocycles. The summed E-state index contributed by atoms with van der Waals surface area (Å²) in [5.41, 5.74) is 11.3. The van der Waals surface area contributed by atoms with Crippen molar-refractivity contribution < 1.29 is 14.3 Å². The summed E-state index contributed by atoms with van der Waals surface area (Å²) in [6.45, 7) is 0.369. The van der Waals surface area contributed by atoms with Crippen LogP contribution in [0.5, 0.6) is 5.75 Å². The van der Waals surface area contributed by atoms with Crippen LogP contribution in [-0.2, 0) is 6.54 Å². The molecule has 2 N–H and O–H groups in total. The summed E-state index contributed by atoms with van der Waals surface area (Å²) in [5, 5.41) is 9.63. The highest BCUT2D eigenvalue weighted by Gasteiger charge is 2.12. The second-order valence-electron chi connectivity index (χ2n) is 7.17. The fourth-order valence-corrected chi connectivity index (χ4v) is 4.09. The van der Waals surface area contributed by atoms with E-state index in [0.29, 0.717) is 33.3 Å². The van der Waals surface area contributed by atoms with Crippen molar-refractivity contribution in [2.24, 2.45) is 5.11 Å². The van der Waals surface area contributed by atoms with Gasteiger partial charge in [-0.15, -0.1) is 6.42 Å². The zero-order valence-corrected chi connectivity index (χ0v) is 19.1. The number of ether oxygens (including phenoxy) is 1. The van der Waals surface area contributed by atoms with Crippen molar-refractivity contribution in [3.63, 3.8) is 0 Å². The molecular formula is C25H18N6O3S. The van der Waals surface area contributed by atoms with Gasteiger partial charge in [0.05, 0.1) is 10.2 Å². The summed E-state index contributed by atoms with van der Waals surface area (Å²) < 4.78 is 6.27. The lowest BCUT2D eigenvalue weighted by Gasteiger charge is -2.08. The van der Waals surface area contributed by atoms with Crippen LogP contribution in [0.15, 0.2) is 71.8 Å². The quantitative estimate of drug-likeness (QED) is 0.150. The largest absolute Gasteiger partial charge is 0.481 e. The zero-order valence-electron chi connectivity index (χ0n) is 18.3. The standard InChI is InChI=1S/C25H18N6O3S/c1-2-13-34-19-11-12-21-22(14-19)35-25(28-21)29-24(33)17-9-7-16(8-10-17)23(32)27-15-18-5-3-4-6-20(18)30-31-26/h1,3-12,14H,13,15H2,(H,27,32)(H,28,29,33). The Morgan fingerprint density at radius 2 is 1.83 bits per heavy atom. The maximum atomic E-state index is 12.7. The predicted molar refractivity (Wildman–Crippen MR) is 135 cm³/mol. The van der Waals surface area contributed by atoms with Crippen molar-refractivity contribution in [1.82, 2.24) is 10.3 Å². The maximum Gasteiger partial charge on any atom is 0.257 e. The Labute approximate surface area is 204 Å². The van der Waals surface area contributed by atoms with E-state index in [-0.39, 0.29) is 25.0 Å². The summed E-state index contributed by atoms with van der Waals surface area (Å²) in [5.74, 6) is 2.38. The number of terminal acetylenes is 1. The average molecular weight is 483 g/mol. The summed E-state index contributed by atoms with van der Waals surface area (Å²) in [7, 11) is 0. The van der Waals surface area contributed by atoms with Gasteiger partial charge in [-0.3, -0.25) is 14.9 Å². The molecule has 0 spiro atoms. The molecule has 3 aromatic carbocycles. The molecule has 1 heterocycles. The lowest BCUT2D eigenvalue weighted by molar-refractivity contribution is 0.0949. The number of azide groups is 1. The summed E-state index contributed by atoms with van der Waals surface area (Å²) in [6, 6.07) is 18.6. The topological polar surface area (TPSA) is 129 Å². The number of nitrogens with zero attached hydrogens (tertiary/aromatic N) is 4. The molecule has 0 unspecified atom stereocenters. The number of nitrogens with one attached hydrogen (secondary N) is 2. The van der Waals surface area contributed by atoms with Crippen LogP contribution in [0, 0.1) is 12.3 Å². The minimum atomic E-state index is -0.344. The first-order valence-corrected chi connectivity index (χ1v) is 11.2. The van der Waals surface area contributed by atoms with Crippen molar-refractivity contribution in [1.29, 1.82) is 0 Å². The minimum Gasteiger partial charge on any atom is -0.481 e. The second-order valence-corrected chi connectivity index (χ2v) is 8.20. The lowest BCUT2D eigenvalue weighted by Crippen LogP contribution is -2.23. The fourth-order valence-electron chi connectivity index (χ4n) is 3.20. The van der Waals surface area contributed by atoms with Crippen molar-refractivity contribution >= 4 is 44.2 Å². The van der Waals surface area contributed by atoms with E-state index in [2.05, 4.69) is 31.6 Å². The van der Waals surface area contributed by atoms with Crippen LogP contribution in [0.25, 0.3) is 20.7 Å². The molecule has 0 atom stereocenters. The Morgan fingerprint density at radius 1 is 1.09 bits per heavy atom. The third-order valence-corrected chi connectivity index (χ3v) is 5.83. The van der Waals surface area contributed by atoms with Gasteiger partial charge in [-0.05, 0) is 53.6 Å². The molecule has 0 radical (unpaired) electrons. The molecular weight excluding hydrogens is 464 g/mol. The summed E-state index contributed by atoms with van der Waals surface area (Å²) in [6.07, 6.45) is 5.22. The number of hydrogen-bond acceptors (Lipinski definition) is 6. The molecule has 0 saturated heterocycles. The van der Waals surface area contributed by atoms with E-state index in [9.17, 15) is 9.59 Å². The van der Waals surface area contributed by atoms with Crippen LogP contribution in [-0.4, -0.2) is 23.4 Å². The lowest BCUT2D eigenvalue weighted by atomic mass is 10.1. The molecule has 10 heteroatoms. The van der Waals surface area contributed by atoms with Crippen LogP contribution in [0.2, 0.25) is 0 Å². The van der Waals surface area contributed by atoms with Crippen molar-refractivity contribution in [2.45, 2.75) is 6.54 Å². The number of benzene rings is 3. The van der Waals surface area contributed by atoms with Gasteiger partial charge in [0, 0.05) is 28.3 Å². The van der Waals surface area contributed by atoms with Gasteiger partial charge in [0.1, 0.15) is 12.4 Å². The van der Waals surface area contributed by atoms with Gasteiger partial charge in [0.25, 0.3) is 11.8 Å². The number of amides is 2. The van der Waals surface area contributed by atoms with E-state index in [1.165, 1.54) is 11.3 Å². The molecule has 0 aliphatic rings. The van der Waals surface area contributed by atoms with E-state index in [1.54, 1.807) is 60.7 Å². The van der Waals surface area contributed by atoms with Crippen molar-refractivity contribution in [3.05, 3.63) is 93.9 Å². The summed E-state index contributed by atoms with van der Waals surface area (Å²) >= 11 is 1.32. The van der Waals surface area contributed by atoms with Gasteiger partial charge in [0.15, 0.2) is 5.13 Å². The van der Waals surface area contributed by atoms with E-state index in [1.807, 2.05) is 6.07 Å². The maximum absolute atomic E-state index is 12.7. The molecule has 0 aliphatic carbocycles. The normalized spacial score (nSPS) is 10.1. The molecule has 2 amide bonds. The Kier molecular flexibility index (Phi) is 7.23. The highest BCUT2D eigenvalue weighted by atomic mass is 32.1. The van der Waals surface area contributed by atoms with Crippen LogP contribution < -0.4 is 15.4 Å². The molecule has 4 rings (SSSR count). The highest BCUT2D eigenvalue weighted by molar-refractivity contribution is 7.22.